The summed E-state index contributed by atoms with van der Waals surface area (Å²) in [6.45, 7) is 0. The Bertz CT molecular complexity index is 849. The highest BCUT2D eigenvalue weighted by Gasteiger charge is 2.12. The zero-order valence-corrected chi connectivity index (χ0v) is 14.5. The Balaban J connectivity index is 2.07. The van der Waals surface area contributed by atoms with E-state index in [9.17, 15) is 9.90 Å². The SMILES string of the molecule is CN(C)c1ccc(-n2c(CCC(=O)[O-])ccc2-c2ccccc2)cc1. The number of aryl methyl sites for hydroxylation is 1. The van der Waals surface area contributed by atoms with Gasteiger partial charge in [-0.3, -0.25) is 0 Å². The second kappa shape index (κ2) is 7.26. The van der Waals surface area contributed by atoms with E-state index in [0.29, 0.717) is 6.42 Å². The van der Waals surface area contributed by atoms with Crippen molar-refractivity contribution in [3.05, 3.63) is 72.4 Å². The van der Waals surface area contributed by atoms with Crippen LogP contribution in [0.5, 0.6) is 0 Å². The first-order valence-corrected chi connectivity index (χ1v) is 8.30. The number of aliphatic carboxylic acids is 1. The van der Waals surface area contributed by atoms with E-state index in [1.165, 1.54) is 0 Å². The number of benzene rings is 2. The molecule has 0 radical (unpaired) electrons. The van der Waals surface area contributed by atoms with Crippen LogP contribution >= 0.6 is 0 Å². The van der Waals surface area contributed by atoms with E-state index in [0.717, 1.165) is 28.3 Å². The third-order valence-corrected chi connectivity index (χ3v) is 4.24. The number of rotatable bonds is 6. The summed E-state index contributed by atoms with van der Waals surface area (Å²) in [5.41, 5.74) is 5.24. The van der Waals surface area contributed by atoms with Crippen LogP contribution in [-0.4, -0.2) is 24.6 Å². The molecule has 0 atom stereocenters. The molecule has 4 nitrogen and oxygen atoms in total. The first-order chi connectivity index (χ1) is 12.1. The minimum atomic E-state index is -1.03. The number of hydrogen-bond donors (Lipinski definition) is 0. The third kappa shape index (κ3) is 3.74. The average Bonchev–Trinajstić information content (AvgIpc) is 3.04. The van der Waals surface area contributed by atoms with Crippen molar-refractivity contribution in [1.82, 2.24) is 4.57 Å². The Kier molecular flexibility index (Phi) is 4.89. The molecule has 0 amide bonds. The molecule has 0 aliphatic carbocycles. The number of aromatic nitrogens is 1. The number of nitrogens with zero attached hydrogens (tertiary/aromatic N) is 2. The fourth-order valence-corrected chi connectivity index (χ4v) is 2.94. The van der Waals surface area contributed by atoms with Crippen molar-refractivity contribution < 1.29 is 9.90 Å². The third-order valence-electron chi connectivity index (χ3n) is 4.24. The monoisotopic (exact) mass is 333 g/mol. The molecule has 0 aliphatic heterocycles. The van der Waals surface area contributed by atoms with Gasteiger partial charge in [-0.15, -0.1) is 0 Å². The molecule has 25 heavy (non-hydrogen) atoms. The Hall–Kier alpha value is -3.01. The number of carboxylic acids is 1. The molecule has 4 heteroatoms. The summed E-state index contributed by atoms with van der Waals surface area (Å²) < 4.78 is 2.12. The van der Waals surface area contributed by atoms with Crippen LogP contribution in [0.1, 0.15) is 12.1 Å². The van der Waals surface area contributed by atoms with E-state index >= 15 is 0 Å². The molecule has 0 saturated heterocycles. The molecule has 2 aromatic carbocycles. The first-order valence-electron chi connectivity index (χ1n) is 8.30. The molecule has 1 heterocycles. The van der Waals surface area contributed by atoms with Gasteiger partial charge < -0.3 is 19.4 Å². The van der Waals surface area contributed by atoms with Gasteiger partial charge in [0.05, 0.1) is 5.69 Å². The number of carboxylic acid groups (broad SMARTS) is 1. The Morgan fingerprint density at radius 2 is 1.64 bits per heavy atom. The van der Waals surface area contributed by atoms with Gasteiger partial charge in [-0.05, 0) is 54.8 Å². The maximum absolute atomic E-state index is 10.9. The van der Waals surface area contributed by atoms with Crippen molar-refractivity contribution >= 4 is 11.7 Å². The lowest BCUT2D eigenvalue weighted by molar-refractivity contribution is -0.305. The highest BCUT2D eigenvalue weighted by Crippen LogP contribution is 2.28. The quantitative estimate of drug-likeness (QED) is 0.697. The topological polar surface area (TPSA) is 48.3 Å². The minimum absolute atomic E-state index is 0.00796. The molecule has 0 bridgehead atoms. The fraction of sp³-hybridized carbons (Fsp3) is 0.190. The minimum Gasteiger partial charge on any atom is -0.550 e. The second-order valence-corrected chi connectivity index (χ2v) is 6.19. The summed E-state index contributed by atoms with van der Waals surface area (Å²) in [5, 5.41) is 10.9. The van der Waals surface area contributed by atoms with Crippen LogP contribution in [0.15, 0.2) is 66.7 Å². The number of carbonyl (C=O) groups is 1. The van der Waals surface area contributed by atoms with E-state index in [-0.39, 0.29) is 6.42 Å². The van der Waals surface area contributed by atoms with Crippen LogP contribution in [0.2, 0.25) is 0 Å². The lowest BCUT2D eigenvalue weighted by Crippen LogP contribution is -2.22. The highest BCUT2D eigenvalue weighted by molar-refractivity contribution is 5.67. The summed E-state index contributed by atoms with van der Waals surface area (Å²) in [7, 11) is 4.01. The van der Waals surface area contributed by atoms with Gasteiger partial charge >= 0.3 is 0 Å². The normalized spacial score (nSPS) is 10.6. The van der Waals surface area contributed by atoms with Gasteiger partial charge in [-0.25, -0.2) is 0 Å². The highest BCUT2D eigenvalue weighted by atomic mass is 16.4. The number of anilines is 1. The molecule has 128 valence electrons. The van der Waals surface area contributed by atoms with Gasteiger partial charge in [0.15, 0.2) is 0 Å². The van der Waals surface area contributed by atoms with Crippen molar-refractivity contribution in [3.8, 4) is 16.9 Å². The molecular weight excluding hydrogens is 312 g/mol. The standard InChI is InChI=1S/C21H22N2O2/c1-22(2)17-8-10-18(11-9-17)23-19(13-15-21(24)25)12-14-20(23)16-6-4-3-5-7-16/h3-12,14H,13,15H2,1-2H3,(H,24,25)/p-1. The van der Waals surface area contributed by atoms with Crippen LogP contribution in [0.4, 0.5) is 5.69 Å². The summed E-state index contributed by atoms with van der Waals surface area (Å²) in [6, 6.07) is 22.4. The molecule has 0 N–H and O–H groups in total. The van der Waals surface area contributed by atoms with Gasteiger partial charge in [0, 0.05) is 37.1 Å². The van der Waals surface area contributed by atoms with Gasteiger partial charge in [0.1, 0.15) is 0 Å². The van der Waals surface area contributed by atoms with Crippen LogP contribution < -0.4 is 10.0 Å². The largest absolute Gasteiger partial charge is 0.550 e. The molecular formula is C21H21N2O2-. The zero-order chi connectivity index (χ0) is 17.8. The molecule has 0 spiro atoms. The maximum atomic E-state index is 10.9. The van der Waals surface area contributed by atoms with E-state index in [4.69, 9.17) is 0 Å². The molecule has 0 saturated carbocycles. The lowest BCUT2D eigenvalue weighted by atomic mass is 10.1. The first kappa shape index (κ1) is 16.8. The summed E-state index contributed by atoms with van der Waals surface area (Å²) >= 11 is 0. The molecule has 0 unspecified atom stereocenters. The van der Waals surface area contributed by atoms with Crippen molar-refractivity contribution in [2.24, 2.45) is 0 Å². The van der Waals surface area contributed by atoms with Crippen LogP contribution in [-0.2, 0) is 11.2 Å². The Morgan fingerprint density at radius 1 is 0.960 bits per heavy atom. The molecule has 3 rings (SSSR count). The van der Waals surface area contributed by atoms with E-state index in [1.54, 1.807) is 0 Å². The lowest BCUT2D eigenvalue weighted by Gasteiger charge is -2.17. The second-order valence-electron chi connectivity index (χ2n) is 6.19. The predicted octanol–water partition coefficient (Wildman–Crippen LogP) is 2.89. The van der Waals surface area contributed by atoms with E-state index in [2.05, 4.69) is 45.9 Å². The van der Waals surface area contributed by atoms with Gasteiger partial charge in [-0.2, -0.15) is 0 Å². The molecule has 1 aromatic heterocycles. The van der Waals surface area contributed by atoms with E-state index < -0.39 is 5.97 Å². The summed E-state index contributed by atoms with van der Waals surface area (Å²) in [5.74, 6) is -1.03. The average molecular weight is 333 g/mol. The van der Waals surface area contributed by atoms with Crippen LogP contribution in [0.3, 0.4) is 0 Å². The van der Waals surface area contributed by atoms with Crippen molar-refractivity contribution in [1.29, 1.82) is 0 Å². The smallest absolute Gasteiger partial charge is 0.0531 e. The Morgan fingerprint density at radius 3 is 2.24 bits per heavy atom. The van der Waals surface area contributed by atoms with Crippen molar-refractivity contribution in [2.45, 2.75) is 12.8 Å². The van der Waals surface area contributed by atoms with Crippen LogP contribution in [0.25, 0.3) is 16.9 Å². The number of hydrogen-bond acceptors (Lipinski definition) is 3. The fourth-order valence-electron chi connectivity index (χ4n) is 2.94. The van der Waals surface area contributed by atoms with Gasteiger partial charge in [-0.1, -0.05) is 30.3 Å². The predicted molar refractivity (Wildman–Crippen MR) is 98.9 cm³/mol. The van der Waals surface area contributed by atoms with E-state index in [1.807, 2.05) is 44.4 Å². The molecule has 0 fully saturated rings. The molecule has 3 aromatic rings. The maximum Gasteiger partial charge on any atom is 0.0531 e. The Labute approximate surface area is 148 Å². The summed E-state index contributed by atoms with van der Waals surface area (Å²) in [4.78, 5) is 12.9. The summed E-state index contributed by atoms with van der Waals surface area (Å²) in [6.07, 6.45) is 0.443. The van der Waals surface area contributed by atoms with Gasteiger partial charge in [0.25, 0.3) is 0 Å². The van der Waals surface area contributed by atoms with Crippen LogP contribution in [0, 0.1) is 0 Å². The van der Waals surface area contributed by atoms with Gasteiger partial charge in [0.2, 0.25) is 0 Å². The molecule has 0 aliphatic rings. The van der Waals surface area contributed by atoms with Crippen molar-refractivity contribution in [2.75, 3.05) is 19.0 Å². The van der Waals surface area contributed by atoms with Crippen molar-refractivity contribution in [3.63, 3.8) is 0 Å². The number of carbonyl (C=O) groups excluding carboxylic acids is 1. The zero-order valence-electron chi connectivity index (χ0n) is 14.5.